The van der Waals surface area contributed by atoms with E-state index in [0.29, 0.717) is 30.2 Å². The fraction of sp³-hybridized carbons (Fsp3) is 0.500. The fourth-order valence-corrected chi connectivity index (χ4v) is 8.23. The molecule has 220 valence electrons. The molecule has 0 spiro atoms. The molecule has 8 rings (SSSR count). The number of alkyl halides is 1. The highest BCUT2D eigenvalue weighted by atomic mass is 32.1. The van der Waals surface area contributed by atoms with Gasteiger partial charge in [0.2, 0.25) is 0 Å². The van der Waals surface area contributed by atoms with Crippen LogP contribution in [0.1, 0.15) is 32.1 Å². The quantitative estimate of drug-likeness (QED) is 0.326. The average Bonchev–Trinajstić information content (AvgIpc) is 3.68. The molecule has 14 heteroatoms. The Morgan fingerprint density at radius 3 is 2.71 bits per heavy atom. The minimum absolute atomic E-state index is 0.0121. The van der Waals surface area contributed by atoms with Gasteiger partial charge in [-0.1, -0.05) is 11.3 Å². The monoisotopic (exact) mass is 600 g/mol. The number of nitrogens with two attached hydrogens (primary N) is 1. The number of aromatic nitrogens is 4. The lowest BCUT2D eigenvalue weighted by Gasteiger charge is -2.37. The van der Waals surface area contributed by atoms with Crippen molar-refractivity contribution in [1.29, 1.82) is 0 Å². The number of nitrogens with one attached hydrogen (secondary N) is 1. The molecular weight excluding hydrogens is 572 g/mol. The smallest absolute Gasteiger partial charge is 0.319 e. The van der Waals surface area contributed by atoms with Gasteiger partial charge in [-0.05, 0) is 32.2 Å². The van der Waals surface area contributed by atoms with Crippen molar-refractivity contribution in [3.63, 3.8) is 0 Å². The first kappa shape index (κ1) is 26.3. The number of benzene rings is 1. The van der Waals surface area contributed by atoms with Crippen molar-refractivity contribution in [3.8, 4) is 17.3 Å². The molecule has 2 bridgehead atoms. The van der Waals surface area contributed by atoms with Crippen molar-refractivity contribution in [2.24, 2.45) is 0 Å². The third-order valence-electron chi connectivity index (χ3n) is 9.33. The first-order valence-corrected chi connectivity index (χ1v) is 15.0. The molecule has 0 radical (unpaired) electrons. The van der Waals surface area contributed by atoms with E-state index in [2.05, 4.69) is 30.1 Å². The summed E-state index contributed by atoms with van der Waals surface area (Å²) in [5.74, 6) is -2.24. The van der Waals surface area contributed by atoms with E-state index in [-0.39, 0.29) is 56.8 Å². The number of nitrogens with zero attached hydrogens (tertiary/aromatic N) is 6. The zero-order valence-electron chi connectivity index (χ0n) is 22.5. The molecule has 0 amide bonds. The van der Waals surface area contributed by atoms with Crippen molar-refractivity contribution in [2.45, 2.75) is 55.9 Å². The van der Waals surface area contributed by atoms with Crippen LogP contribution in [0.4, 0.5) is 28.5 Å². The number of piperazine rings is 1. The van der Waals surface area contributed by atoms with Gasteiger partial charge < -0.3 is 20.7 Å². The summed E-state index contributed by atoms with van der Waals surface area (Å²) < 4.78 is 66.8. The standard InChI is InChI=1S/C28H28F4N8OS/c29-13-7-28(4-1-5-39(28)11-13)12-41-27-37-21-16(25(38-27)40-14-2-3-15(40)9-34-8-14)10-35-22(20(21)32)19-17(30)6-18(31)24-23(19)36-26(33)42-24/h6,10,13-15,34H,1-5,7-9,11-12H2,(H2,33,36)/t13-,14?,15?,28+/m1/s1. The van der Waals surface area contributed by atoms with E-state index in [0.717, 1.165) is 56.7 Å². The number of ether oxygens (including phenoxy) is 1. The lowest BCUT2D eigenvalue weighted by molar-refractivity contribution is 0.107. The Hall–Kier alpha value is -3.36. The zero-order valence-corrected chi connectivity index (χ0v) is 23.4. The number of anilines is 2. The van der Waals surface area contributed by atoms with E-state index < -0.39 is 29.2 Å². The number of pyridine rings is 1. The predicted molar refractivity (Wildman–Crippen MR) is 151 cm³/mol. The molecule has 0 saturated carbocycles. The molecule has 0 aliphatic carbocycles. The van der Waals surface area contributed by atoms with Crippen LogP contribution in [0.2, 0.25) is 0 Å². The molecule has 42 heavy (non-hydrogen) atoms. The van der Waals surface area contributed by atoms with Gasteiger partial charge >= 0.3 is 6.01 Å². The topological polar surface area (TPSA) is 105 Å². The Labute approximate surface area is 242 Å². The molecular formula is C28H28F4N8OS. The van der Waals surface area contributed by atoms with E-state index >= 15 is 8.78 Å². The maximum absolute atomic E-state index is 16.5. The maximum Gasteiger partial charge on any atom is 0.319 e. The minimum Gasteiger partial charge on any atom is -0.461 e. The van der Waals surface area contributed by atoms with Crippen LogP contribution in [0.25, 0.3) is 32.4 Å². The Morgan fingerprint density at radius 1 is 1.10 bits per heavy atom. The Bertz CT molecular complexity index is 1720. The normalized spacial score (nSPS) is 27.4. The average molecular weight is 601 g/mol. The van der Waals surface area contributed by atoms with Crippen LogP contribution >= 0.6 is 11.3 Å². The van der Waals surface area contributed by atoms with Crippen LogP contribution in [-0.2, 0) is 0 Å². The third kappa shape index (κ3) is 3.94. The molecule has 4 aromatic rings. The Balaban J connectivity index is 1.28. The van der Waals surface area contributed by atoms with E-state index in [9.17, 15) is 8.78 Å². The van der Waals surface area contributed by atoms with Gasteiger partial charge in [-0.2, -0.15) is 9.97 Å². The van der Waals surface area contributed by atoms with Gasteiger partial charge in [0.05, 0.1) is 26.7 Å². The second-order valence-corrected chi connectivity index (χ2v) is 12.8. The fourth-order valence-electron chi connectivity index (χ4n) is 7.48. The highest BCUT2D eigenvalue weighted by Gasteiger charge is 2.49. The molecule has 3 N–H and O–H groups in total. The second-order valence-electron chi connectivity index (χ2n) is 11.8. The molecule has 1 aromatic carbocycles. The van der Waals surface area contributed by atoms with Gasteiger partial charge in [-0.3, -0.25) is 9.88 Å². The van der Waals surface area contributed by atoms with Crippen molar-refractivity contribution in [2.75, 3.05) is 43.4 Å². The Kier molecular flexibility index (Phi) is 5.99. The second kappa shape index (κ2) is 9.58. The summed E-state index contributed by atoms with van der Waals surface area (Å²) in [6, 6.07) is 0.953. The lowest BCUT2D eigenvalue weighted by atomic mass is 9.95. The summed E-state index contributed by atoms with van der Waals surface area (Å²) in [5.41, 5.74) is 4.52. The summed E-state index contributed by atoms with van der Waals surface area (Å²) >= 11 is 0.848. The van der Waals surface area contributed by atoms with Crippen LogP contribution in [-0.4, -0.2) is 81.4 Å². The van der Waals surface area contributed by atoms with Gasteiger partial charge in [-0.25, -0.2) is 22.5 Å². The lowest BCUT2D eigenvalue weighted by Crippen LogP contribution is -2.52. The summed E-state index contributed by atoms with van der Waals surface area (Å²) in [6.45, 7) is 2.87. The van der Waals surface area contributed by atoms with Crippen LogP contribution in [0.3, 0.4) is 0 Å². The minimum atomic E-state index is -1.01. The molecule has 7 heterocycles. The van der Waals surface area contributed by atoms with Crippen LogP contribution in [0, 0.1) is 17.5 Å². The highest BCUT2D eigenvalue weighted by Crippen LogP contribution is 2.43. The number of hydrogen-bond donors (Lipinski definition) is 2. The SMILES string of the molecule is Nc1nc2c(-c3ncc4c(N5C6CCC5CNC6)nc(OC[C@@]56CCCN5C[C@H](F)C6)nc4c3F)c(F)cc(F)c2s1. The van der Waals surface area contributed by atoms with Crippen molar-refractivity contribution in [3.05, 3.63) is 29.7 Å². The molecule has 4 atom stereocenters. The van der Waals surface area contributed by atoms with Crippen molar-refractivity contribution in [1.82, 2.24) is 30.2 Å². The zero-order chi connectivity index (χ0) is 28.7. The number of rotatable bonds is 5. The van der Waals surface area contributed by atoms with Gasteiger partial charge in [0.25, 0.3) is 0 Å². The third-order valence-corrected chi connectivity index (χ3v) is 10.2. The van der Waals surface area contributed by atoms with E-state index in [4.69, 9.17) is 15.5 Å². The number of nitrogen functional groups attached to an aromatic ring is 1. The number of thiazole rings is 1. The van der Waals surface area contributed by atoms with Crippen LogP contribution in [0.5, 0.6) is 6.01 Å². The molecule has 3 aromatic heterocycles. The van der Waals surface area contributed by atoms with Crippen molar-refractivity contribution < 1.29 is 22.3 Å². The van der Waals surface area contributed by atoms with Gasteiger partial charge in [0.15, 0.2) is 10.9 Å². The van der Waals surface area contributed by atoms with Crippen LogP contribution in [0.15, 0.2) is 12.3 Å². The van der Waals surface area contributed by atoms with Gasteiger partial charge in [0.1, 0.15) is 41.4 Å². The summed E-state index contributed by atoms with van der Waals surface area (Å²) in [5, 5.41) is 3.82. The number of hydrogen-bond acceptors (Lipinski definition) is 10. The first-order chi connectivity index (χ1) is 20.3. The van der Waals surface area contributed by atoms with Crippen LogP contribution < -0.4 is 20.7 Å². The number of fused-ring (bicyclic) bond motifs is 5. The van der Waals surface area contributed by atoms with Gasteiger partial charge in [-0.15, -0.1) is 0 Å². The molecule has 4 aliphatic heterocycles. The maximum atomic E-state index is 16.5. The Morgan fingerprint density at radius 2 is 1.90 bits per heavy atom. The summed E-state index contributed by atoms with van der Waals surface area (Å²) in [6.07, 6.45) is 4.53. The number of halogens is 4. The highest BCUT2D eigenvalue weighted by molar-refractivity contribution is 7.22. The largest absolute Gasteiger partial charge is 0.461 e. The molecule has 2 unspecified atom stereocenters. The van der Waals surface area contributed by atoms with E-state index in [1.807, 2.05) is 0 Å². The first-order valence-electron chi connectivity index (χ1n) is 14.2. The van der Waals surface area contributed by atoms with Crippen molar-refractivity contribution >= 4 is 43.4 Å². The summed E-state index contributed by atoms with van der Waals surface area (Å²) in [7, 11) is 0. The van der Waals surface area contributed by atoms with E-state index in [1.54, 1.807) is 0 Å². The molecule has 9 nitrogen and oxygen atoms in total. The molecule has 4 fully saturated rings. The summed E-state index contributed by atoms with van der Waals surface area (Å²) in [4.78, 5) is 21.9. The van der Waals surface area contributed by atoms with Gasteiger partial charge in [0, 0.05) is 50.4 Å². The molecule has 4 saturated heterocycles. The van der Waals surface area contributed by atoms with E-state index in [1.165, 1.54) is 6.20 Å². The predicted octanol–water partition coefficient (Wildman–Crippen LogP) is 4.20. The molecule has 4 aliphatic rings.